The lowest BCUT2D eigenvalue weighted by molar-refractivity contribution is 0.0974. The van der Waals surface area contributed by atoms with Crippen LogP contribution in [0.15, 0.2) is 22.2 Å². The molecule has 0 radical (unpaired) electrons. The average Bonchev–Trinajstić information content (AvgIpc) is 2.57. The Bertz CT molecular complexity index is 575. The summed E-state index contributed by atoms with van der Waals surface area (Å²) in [6.07, 6.45) is 0. The van der Waals surface area contributed by atoms with E-state index in [0.29, 0.717) is 42.6 Å². The van der Waals surface area contributed by atoms with Crippen molar-refractivity contribution in [2.45, 2.75) is 20.8 Å². The predicted octanol–water partition coefficient (Wildman–Crippen LogP) is 1.80. The molecule has 0 unspecified atom stereocenters. The van der Waals surface area contributed by atoms with Crippen LogP contribution in [0.3, 0.4) is 0 Å². The number of nitrogens with zero attached hydrogens (tertiary/aromatic N) is 2. The molecule has 0 aliphatic rings. The van der Waals surface area contributed by atoms with E-state index >= 15 is 0 Å². The van der Waals surface area contributed by atoms with Gasteiger partial charge in [-0.2, -0.15) is 5.10 Å². The third-order valence-corrected chi connectivity index (χ3v) is 2.81. The molecule has 1 amide bonds. The lowest BCUT2D eigenvalue weighted by Gasteiger charge is -2.17. The van der Waals surface area contributed by atoms with Crippen molar-refractivity contribution in [2.24, 2.45) is 10.1 Å². The van der Waals surface area contributed by atoms with Crippen molar-refractivity contribution in [3.63, 3.8) is 0 Å². The number of carbonyl (C=O) groups excluding carboxylic acids is 1. The molecule has 24 heavy (non-hydrogen) atoms. The van der Waals surface area contributed by atoms with Crippen LogP contribution in [-0.4, -0.2) is 45.5 Å². The van der Waals surface area contributed by atoms with Crippen LogP contribution in [0, 0.1) is 0 Å². The van der Waals surface area contributed by atoms with E-state index in [4.69, 9.17) is 14.2 Å². The quantitative estimate of drug-likeness (QED) is 0.429. The third-order valence-electron chi connectivity index (χ3n) is 2.81. The second kappa shape index (κ2) is 10.1. The van der Waals surface area contributed by atoms with Crippen LogP contribution < -0.4 is 25.0 Å². The Morgan fingerprint density at radius 1 is 1.08 bits per heavy atom. The predicted molar refractivity (Wildman–Crippen MR) is 93.5 cm³/mol. The number of carbonyl (C=O) groups is 1. The monoisotopic (exact) mass is 336 g/mol. The fourth-order valence-electron chi connectivity index (χ4n) is 1.91. The number of aliphatic imine (C=N–C) groups is 1. The zero-order valence-corrected chi connectivity index (χ0v) is 14.5. The van der Waals surface area contributed by atoms with E-state index in [1.165, 1.54) is 7.05 Å². The highest BCUT2D eigenvalue weighted by Gasteiger charge is 2.19. The first-order valence-electron chi connectivity index (χ1n) is 7.67. The first-order valence-corrected chi connectivity index (χ1v) is 7.67. The summed E-state index contributed by atoms with van der Waals surface area (Å²) >= 11 is 0. The summed E-state index contributed by atoms with van der Waals surface area (Å²) in [5.41, 5.74) is 2.83. The van der Waals surface area contributed by atoms with Crippen LogP contribution in [0.5, 0.6) is 17.2 Å². The minimum Gasteiger partial charge on any atom is -0.490 e. The largest absolute Gasteiger partial charge is 0.490 e. The molecule has 0 spiro atoms. The summed E-state index contributed by atoms with van der Waals surface area (Å²) in [4.78, 5) is 16.3. The minimum atomic E-state index is -0.392. The number of hydrogen-bond donors (Lipinski definition) is 2. The van der Waals surface area contributed by atoms with E-state index in [-0.39, 0.29) is 5.96 Å². The van der Waals surface area contributed by atoms with Crippen molar-refractivity contribution in [2.75, 3.05) is 26.9 Å². The van der Waals surface area contributed by atoms with Crippen molar-refractivity contribution in [1.82, 2.24) is 10.7 Å². The summed E-state index contributed by atoms with van der Waals surface area (Å²) < 4.78 is 16.8. The van der Waals surface area contributed by atoms with Gasteiger partial charge >= 0.3 is 0 Å². The number of benzene rings is 1. The van der Waals surface area contributed by atoms with Crippen LogP contribution in [0.2, 0.25) is 0 Å². The number of hydrazone groups is 1. The van der Waals surface area contributed by atoms with Gasteiger partial charge in [0.2, 0.25) is 11.7 Å². The Balaban J connectivity index is 3.22. The average molecular weight is 336 g/mol. The molecule has 0 saturated heterocycles. The highest BCUT2D eigenvalue weighted by Crippen LogP contribution is 2.39. The van der Waals surface area contributed by atoms with Crippen LogP contribution in [0.4, 0.5) is 0 Å². The highest BCUT2D eigenvalue weighted by atomic mass is 16.5. The molecule has 132 valence electrons. The first-order chi connectivity index (χ1) is 11.6. The lowest BCUT2D eigenvalue weighted by Crippen LogP contribution is -2.38. The van der Waals surface area contributed by atoms with Gasteiger partial charge < -0.3 is 14.2 Å². The summed E-state index contributed by atoms with van der Waals surface area (Å²) in [6, 6.07) is 3.20. The zero-order chi connectivity index (χ0) is 17.9. The number of hydrogen-bond acceptors (Lipinski definition) is 6. The number of guanidine groups is 1. The van der Waals surface area contributed by atoms with E-state index in [1.807, 2.05) is 20.8 Å². The van der Waals surface area contributed by atoms with Gasteiger partial charge in [-0.1, -0.05) is 0 Å². The molecule has 0 aromatic heterocycles. The summed E-state index contributed by atoms with van der Waals surface area (Å²) in [6.45, 7) is 10.2. The molecule has 1 rings (SSSR count). The van der Waals surface area contributed by atoms with Gasteiger partial charge in [-0.3, -0.25) is 15.1 Å². The van der Waals surface area contributed by atoms with E-state index in [1.54, 1.807) is 12.1 Å². The first kappa shape index (κ1) is 19.3. The maximum absolute atomic E-state index is 12.4. The molecule has 0 fully saturated rings. The van der Waals surface area contributed by atoms with E-state index in [2.05, 4.69) is 27.6 Å². The highest BCUT2D eigenvalue weighted by molar-refractivity contribution is 6.06. The maximum atomic E-state index is 12.4. The molecule has 0 aliphatic carbocycles. The fourth-order valence-corrected chi connectivity index (χ4v) is 1.91. The Labute approximate surface area is 141 Å². The molecule has 1 aromatic rings. The van der Waals surface area contributed by atoms with Gasteiger partial charge in [-0.05, 0) is 32.9 Å². The molecule has 2 N–H and O–H groups in total. The van der Waals surface area contributed by atoms with Crippen molar-refractivity contribution in [1.29, 1.82) is 0 Å². The van der Waals surface area contributed by atoms with Gasteiger partial charge in [0, 0.05) is 19.3 Å². The summed E-state index contributed by atoms with van der Waals surface area (Å²) in [5.74, 6) is 1.16. The third kappa shape index (κ3) is 5.15. The molecule has 0 aliphatic heterocycles. The fraction of sp³-hybridized carbons (Fsp3) is 0.438. The molecule has 1 aromatic carbocycles. The van der Waals surface area contributed by atoms with Gasteiger partial charge in [0.15, 0.2) is 11.5 Å². The van der Waals surface area contributed by atoms with E-state index < -0.39 is 5.91 Å². The van der Waals surface area contributed by atoms with Crippen LogP contribution in [0.25, 0.3) is 0 Å². The molecule has 0 bridgehead atoms. The standard InChI is InChI=1S/C16H24N4O4/c1-6-22-12-9-11(15(21)19-16(17-4)20-18-5)10-13(23-7-2)14(12)24-8-3/h9-10H,5-8H2,1-4H3,(H2,17,19,20,21). The normalized spacial score (nSPS) is 10.8. The zero-order valence-electron chi connectivity index (χ0n) is 14.5. The maximum Gasteiger partial charge on any atom is 0.258 e. The van der Waals surface area contributed by atoms with Crippen LogP contribution >= 0.6 is 0 Å². The summed E-state index contributed by atoms with van der Waals surface area (Å²) in [5, 5.41) is 6.06. The van der Waals surface area contributed by atoms with Crippen molar-refractivity contribution in [3.05, 3.63) is 17.7 Å². The summed E-state index contributed by atoms with van der Waals surface area (Å²) in [7, 11) is 1.52. The van der Waals surface area contributed by atoms with Crippen molar-refractivity contribution < 1.29 is 19.0 Å². The van der Waals surface area contributed by atoms with E-state index in [0.717, 1.165) is 0 Å². The van der Waals surface area contributed by atoms with Gasteiger partial charge in [0.05, 0.1) is 19.8 Å². The molecular formula is C16H24N4O4. The van der Waals surface area contributed by atoms with Gasteiger partial charge in [-0.25, -0.2) is 5.43 Å². The second-order valence-electron chi connectivity index (χ2n) is 4.40. The Hall–Kier alpha value is -2.77. The molecule has 8 nitrogen and oxygen atoms in total. The van der Waals surface area contributed by atoms with Crippen molar-refractivity contribution >= 4 is 18.6 Å². The Morgan fingerprint density at radius 2 is 1.62 bits per heavy atom. The van der Waals surface area contributed by atoms with Crippen LogP contribution in [-0.2, 0) is 0 Å². The molecular weight excluding hydrogens is 312 g/mol. The van der Waals surface area contributed by atoms with Gasteiger partial charge in [0.25, 0.3) is 5.91 Å². The topological polar surface area (TPSA) is 93.5 Å². The molecule has 0 atom stereocenters. The van der Waals surface area contributed by atoms with Gasteiger partial charge in [-0.15, -0.1) is 0 Å². The number of amides is 1. The Kier molecular flexibility index (Phi) is 8.10. The van der Waals surface area contributed by atoms with Gasteiger partial charge in [0.1, 0.15) is 0 Å². The Morgan fingerprint density at radius 3 is 2.04 bits per heavy atom. The number of ether oxygens (including phenoxy) is 3. The van der Waals surface area contributed by atoms with Crippen LogP contribution in [0.1, 0.15) is 31.1 Å². The smallest absolute Gasteiger partial charge is 0.258 e. The van der Waals surface area contributed by atoms with Crippen molar-refractivity contribution in [3.8, 4) is 17.2 Å². The second-order valence-corrected chi connectivity index (χ2v) is 4.40. The SMILES string of the molecule is C=NNC(=NC)NC(=O)c1cc(OCC)c(OCC)c(OCC)c1. The number of nitrogens with one attached hydrogen (secondary N) is 2. The van der Waals surface area contributed by atoms with E-state index in [9.17, 15) is 4.79 Å². The number of rotatable bonds is 8. The molecule has 8 heteroatoms. The minimum absolute atomic E-state index is 0.180. The lowest BCUT2D eigenvalue weighted by atomic mass is 10.1. The molecule has 0 saturated carbocycles. The molecule has 0 heterocycles.